The van der Waals surface area contributed by atoms with E-state index in [1.807, 2.05) is 35.2 Å². The van der Waals surface area contributed by atoms with Gasteiger partial charge in [0.05, 0.1) is 11.9 Å². The second-order valence-electron chi connectivity index (χ2n) is 5.72. The minimum Gasteiger partial charge on any atom is -0.460 e. The summed E-state index contributed by atoms with van der Waals surface area (Å²) in [5.41, 5.74) is 0.982. The number of Topliss-reactive ketones (excluding diaryl/α,β-unsaturated/α-hetero) is 1. The molecule has 1 aromatic rings. The lowest BCUT2D eigenvalue weighted by atomic mass is 9.91. The molecule has 1 saturated heterocycles. The van der Waals surface area contributed by atoms with E-state index in [0.717, 1.165) is 18.5 Å². The normalized spacial score (nSPS) is 21.7. The van der Waals surface area contributed by atoms with Crippen LogP contribution in [0, 0.1) is 11.8 Å². The summed E-state index contributed by atoms with van der Waals surface area (Å²) in [5, 5.41) is 0.389. The van der Waals surface area contributed by atoms with Crippen LogP contribution in [-0.2, 0) is 20.9 Å². The second kappa shape index (κ2) is 8.44. The van der Waals surface area contributed by atoms with E-state index in [1.165, 1.54) is 0 Å². The van der Waals surface area contributed by atoms with Crippen molar-refractivity contribution in [1.82, 2.24) is 4.90 Å². The van der Waals surface area contributed by atoms with Crippen LogP contribution in [0.25, 0.3) is 0 Å². The van der Waals surface area contributed by atoms with Crippen LogP contribution in [0.5, 0.6) is 0 Å². The molecule has 0 aromatic heterocycles. The summed E-state index contributed by atoms with van der Waals surface area (Å²) in [6, 6.07) is 9.64. The van der Waals surface area contributed by atoms with Crippen molar-refractivity contribution < 1.29 is 14.3 Å². The van der Waals surface area contributed by atoms with Gasteiger partial charge >= 0.3 is 5.97 Å². The Morgan fingerprint density at radius 1 is 1.27 bits per heavy atom. The Bertz CT molecular complexity index is 506. The first-order valence-electron chi connectivity index (χ1n) is 7.64. The van der Waals surface area contributed by atoms with E-state index in [1.54, 1.807) is 0 Å². The lowest BCUT2D eigenvalue weighted by molar-refractivity contribution is -0.146. The summed E-state index contributed by atoms with van der Waals surface area (Å²) < 4.78 is 5.31. The van der Waals surface area contributed by atoms with Crippen molar-refractivity contribution in [3.63, 3.8) is 0 Å². The highest BCUT2D eigenvalue weighted by atomic mass is 79.9. The van der Waals surface area contributed by atoms with Crippen LogP contribution < -0.4 is 0 Å². The van der Waals surface area contributed by atoms with Gasteiger partial charge in [0, 0.05) is 19.0 Å². The molecule has 0 saturated carbocycles. The Morgan fingerprint density at radius 2 is 2.00 bits per heavy atom. The van der Waals surface area contributed by atoms with Crippen LogP contribution in [-0.4, -0.2) is 41.6 Å². The van der Waals surface area contributed by atoms with Gasteiger partial charge < -0.3 is 4.74 Å². The predicted octanol–water partition coefficient (Wildman–Crippen LogP) is 2.65. The molecule has 22 heavy (non-hydrogen) atoms. The zero-order valence-electron chi connectivity index (χ0n) is 12.8. The summed E-state index contributed by atoms with van der Waals surface area (Å²) in [6.45, 7) is 4.10. The number of ketones is 1. The average Bonchev–Trinajstić information content (AvgIpc) is 2.96. The summed E-state index contributed by atoms with van der Waals surface area (Å²) >= 11 is 3.24. The van der Waals surface area contributed by atoms with E-state index < -0.39 is 0 Å². The Labute approximate surface area is 140 Å². The first-order chi connectivity index (χ1) is 10.6. The summed E-state index contributed by atoms with van der Waals surface area (Å²) in [6.07, 6.45) is 0.957. The van der Waals surface area contributed by atoms with Gasteiger partial charge in [-0.05, 0) is 11.5 Å². The van der Waals surface area contributed by atoms with Gasteiger partial charge in [0.15, 0.2) is 0 Å². The average molecular weight is 368 g/mol. The number of hydrogen-bond acceptors (Lipinski definition) is 4. The maximum atomic E-state index is 12.0. The molecule has 0 radical (unpaired) electrons. The molecule has 1 aromatic carbocycles. The molecule has 5 heteroatoms. The van der Waals surface area contributed by atoms with Crippen molar-refractivity contribution in [2.75, 3.05) is 25.0 Å². The highest BCUT2D eigenvalue weighted by Gasteiger charge is 2.36. The van der Waals surface area contributed by atoms with Crippen molar-refractivity contribution in [3.05, 3.63) is 35.9 Å². The molecule has 4 nitrogen and oxygen atoms in total. The topological polar surface area (TPSA) is 46.6 Å². The van der Waals surface area contributed by atoms with Crippen LogP contribution in [0.4, 0.5) is 0 Å². The lowest BCUT2D eigenvalue weighted by Gasteiger charge is -2.14. The van der Waals surface area contributed by atoms with Gasteiger partial charge in [-0.15, -0.1) is 0 Å². The van der Waals surface area contributed by atoms with Crippen molar-refractivity contribution in [2.24, 2.45) is 11.8 Å². The van der Waals surface area contributed by atoms with Gasteiger partial charge in [-0.1, -0.05) is 59.6 Å². The smallest absolute Gasteiger partial charge is 0.320 e. The molecular weight excluding hydrogens is 346 g/mol. The number of nitrogens with zero attached hydrogens (tertiary/aromatic N) is 1. The van der Waals surface area contributed by atoms with Crippen molar-refractivity contribution in [1.29, 1.82) is 0 Å². The molecule has 1 aliphatic heterocycles. The molecule has 0 unspecified atom stereocenters. The Kier molecular flexibility index (Phi) is 6.58. The Morgan fingerprint density at radius 3 is 2.64 bits per heavy atom. The number of alkyl halides is 1. The van der Waals surface area contributed by atoms with E-state index in [0.29, 0.717) is 24.4 Å². The number of benzene rings is 1. The Hall–Kier alpha value is -1.20. The molecule has 1 aliphatic rings. The molecule has 0 amide bonds. The van der Waals surface area contributed by atoms with E-state index in [2.05, 4.69) is 22.9 Å². The number of esters is 1. The maximum Gasteiger partial charge on any atom is 0.320 e. The number of likely N-dealkylation sites (tertiary alicyclic amines) is 1. The minimum atomic E-state index is -0.231. The van der Waals surface area contributed by atoms with E-state index in [-0.39, 0.29) is 24.2 Å². The van der Waals surface area contributed by atoms with Crippen molar-refractivity contribution in [2.45, 2.75) is 20.0 Å². The molecular formula is C17H22BrNO3. The summed E-state index contributed by atoms with van der Waals surface area (Å²) in [7, 11) is 0. The first kappa shape index (κ1) is 17.2. The van der Waals surface area contributed by atoms with Crippen molar-refractivity contribution in [3.8, 4) is 0 Å². The summed E-state index contributed by atoms with van der Waals surface area (Å²) in [5.74, 6) is 0.371. The zero-order chi connectivity index (χ0) is 15.9. The largest absolute Gasteiger partial charge is 0.460 e. The number of halogens is 1. The minimum absolute atomic E-state index is 0.0336. The number of ether oxygens (including phenoxy) is 1. The van der Waals surface area contributed by atoms with Crippen LogP contribution >= 0.6 is 15.9 Å². The number of carbonyl (C=O) groups excluding carboxylic acids is 2. The van der Waals surface area contributed by atoms with E-state index in [9.17, 15) is 9.59 Å². The second-order valence-corrected chi connectivity index (χ2v) is 6.28. The van der Waals surface area contributed by atoms with Crippen LogP contribution in [0.3, 0.4) is 0 Å². The fourth-order valence-electron chi connectivity index (χ4n) is 2.93. The summed E-state index contributed by atoms with van der Waals surface area (Å²) in [4.78, 5) is 25.9. The van der Waals surface area contributed by atoms with Gasteiger partial charge in [-0.2, -0.15) is 0 Å². The van der Waals surface area contributed by atoms with Crippen LogP contribution in [0.2, 0.25) is 0 Å². The van der Waals surface area contributed by atoms with Gasteiger partial charge in [-0.3, -0.25) is 14.5 Å². The fourth-order valence-corrected chi connectivity index (χ4v) is 3.35. The molecule has 1 fully saturated rings. The molecule has 0 aliphatic carbocycles. The highest BCUT2D eigenvalue weighted by Crippen LogP contribution is 2.27. The first-order valence-corrected chi connectivity index (χ1v) is 8.76. The zero-order valence-corrected chi connectivity index (χ0v) is 14.4. The predicted molar refractivity (Wildman–Crippen MR) is 88.8 cm³/mol. The number of carbonyl (C=O) groups is 2. The third kappa shape index (κ3) is 4.65. The highest BCUT2D eigenvalue weighted by molar-refractivity contribution is 9.09. The van der Waals surface area contributed by atoms with Gasteiger partial charge in [0.2, 0.25) is 0 Å². The molecule has 2 rings (SSSR count). The molecule has 0 bridgehead atoms. The number of rotatable bonds is 7. The third-order valence-electron chi connectivity index (χ3n) is 4.18. The lowest BCUT2D eigenvalue weighted by Crippen LogP contribution is -2.30. The van der Waals surface area contributed by atoms with Gasteiger partial charge in [-0.25, -0.2) is 0 Å². The molecule has 1 heterocycles. The standard InChI is InChI=1S/C17H22BrNO3/c1-2-14-9-19(10-15(14)16(20)8-18)11-17(21)22-12-13-6-4-3-5-7-13/h3-7,14-15H,2,8-12H2,1H3/t14-,15+/m1/s1. The maximum absolute atomic E-state index is 12.0. The molecule has 120 valence electrons. The molecule has 0 spiro atoms. The van der Waals surface area contributed by atoms with E-state index >= 15 is 0 Å². The molecule has 2 atom stereocenters. The molecule has 0 N–H and O–H groups in total. The third-order valence-corrected chi connectivity index (χ3v) is 4.73. The monoisotopic (exact) mass is 367 g/mol. The number of hydrogen-bond donors (Lipinski definition) is 0. The van der Waals surface area contributed by atoms with Gasteiger partial charge in [0.1, 0.15) is 12.4 Å². The van der Waals surface area contributed by atoms with Gasteiger partial charge in [0.25, 0.3) is 0 Å². The fraction of sp³-hybridized carbons (Fsp3) is 0.529. The van der Waals surface area contributed by atoms with Crippen LogP contribution in [0.15, 0.2) is 30.3 Å². The SMILES string of the molecule is CC[C@@H]1CN(CC(=O)OCc2ccccc2)C[C@@H]1C(=O)CBr. The Balaban J connectivity index is 1.81. The van der Waals surface area contributed by atoms with Crippen molar-refractivity contribution >= 4 is 27.7 Å². The van der Waals surface area contributed by atoms with Crippen LogP contribution in [0.1, 0.15) is 18.9 Å². The van der Waals surface area contributed by atoms with E-state index in [4.69, 9.17) is 4.74 Å². The quantitative estimate of drug-likeness (QED) is 0.548.